The summed E-state index contributed by atoms with van der Waals surface area (Å²) in [5.41, 5.74) is 2.65. The minimum atomic E-state index is -0.388. The summed E-state index contributed by atoms with van der Waals surface area (Å²) in [5, 5.41) is 11.6. The monoisotopic (exact) mass is 335 g/mol. The Kier molecular flexibility index (Phi) is 3.57. The van der Waals surface area contributed by atoms with Crippen molar-refractivity contribution in [2.24, 2.45) is 0 Å². The van der Waals surface area contributed by atoms with Gasteiger partial charge in [-0.25, -0.2) is 9.36 Å². The first kappa shape index (κ1) is 15.1. The van der Waals surface area contributed by atoms with E-state index in [1.54, 1.807) is 31.4 Å². The van der Waals surface area contributed by atoms with Gasteiger partial charge in [-0.1, -0.05) is 24.3 Å². The molecule has 2 aromatic heterocycles. The van der Waals surface area contributed by atoms with Gasteiger partial charge in [0, 0.05) is 29.6 Å². The molecule has 0 fully saturated rings. The predicted octanol–water partition coefficient (Wildman–Crippen LogP) is 2.95. The fourth-order valence-electron chi connectivity index (χ4n) is 3.05. The van der Waals surface area contributed by atoms with Crippen LogP contribution in [0.2, 0.25) is 0 Å². The van der Waals surface area contributed by atoms with Gasteiger partial charge in [-0.3, -0.25) is 0 Å². The number of nitrogens with one attached hydrogen (secondary N) is 2. The number of fused-ring (bicyclic) bond motifs is 1. The van der Waals surface area contributed by atoms with Crippen LogP contribution >= 0.6 is 0 Å². The van der Waals surface area contributed by atoms with Crippen LogP contribution in [-0.4, -0.2) is 26.8 Å². The van der Waals surface area contributed by atoms with Crippen molar-refractivity contribution < 1.29 is 9.84 Å². The lowest BCUT2D eigenvalue weighted by Gasteiger charge is -2.06. The van der Waals surface area contributed by atoms with Gasteiger partial charge < -0.3 is 19.8 Å². The molecule has 4 aromatic rings. The average Bonchev–Trinajstić information content (AvgIpc) is 3.16. The summed E-state index contributed by atoms with van der Waals surface area (Å²) in [6, 6.07) is 14.9. The van der Waals surface area contributed by atoms with E-state index in [0.29, 0.717) is 23.6 Å². The lowest BCUT2D eigenvalue weighted by Crippen LogP contribution is -2.14. The molecular weight excluding hydrogens is 318 g/mol. The molecule has 25 heavy (non-hydrogen) atoms. The third kappa shape index (κ3) is 2.57. The van der Waals surface area contributed by atoms with E-state index in [0.717, 1.165) is 16.5 Å². The molecule has 0 saturated heterocycles. The second-order valence-electron chi connectivity index (χ2n) is 5.81. The summed E-state index contributed by atoms with van der Waals surface area (Å²) in [6.45, 7) is 0. The molecule has 4 rings (SSSR count). The van der Waals surface area contributed by atoms with Crippen molar-refractivity contribution in [2.45, 2.75) is 6.42 Å². The van der Waals surface area contributed by atoms with E-state index < -0.39 is 0 Å². The maximum absolute atomic E-state index is 12.4. The summed E-state index contributed by atoms with van der Waals surface area (Å²) in [5.74, 6) is 0.520. The highest BCUT2D eigenvalue weighted by atomic mass is 16.5. The fourth-order valence-corrected chi connectivity index (χ4v) is 3.05. The van der Waals surface area contributed by atoms with E-state index in [1.807, 2.05) is 30.5 Å². The molecule has 6 nitrogen and oxygen atoms in total. The number of aromatic amines is 2. The standard InChI is InChI=1S/C19H17N3O3/c1-25-14-6-4-5-13(10-14)22-18(23)17(21-19(22)24)9-12-11-20-16-8-3-2-7-15(12)16/h2-8,10-11,20,23H,9H2,1H3,(H,21,24). The number of rotatable bonds is 4. The van der Waals surface area contributed by atoms with Gasteiger partial charge in [0.05, 0.1) is 18.5 Å². The zero-order valence-corrected chi connectivity index (χ0v) is 13.6. The number of ether oxygens (including phenoxy) is 1. The van der Waals surface area contributed by atoms with E-state index in [-0.39, 0.29) is 11.6 Å². The first-order valence-electron chi connectivity index (χ1n) is 7.89. The Hall–Kier alpha value is -3.41. The van der Waals surface area contributed by atoms with Crippen molar-refractivity contribution in [2.75, 3.05) is 7.11 Å². The van der Waals surface area contributed by atoms with E-state index in [2.05, 4.69) is 9.97 Å². The minimum Gasteiger partial charge on any atom is -0.497 e. The van der Waals surface area contributed by atoms with E-state index >= 15 is 0 Å². The number of aromatic nitrogens is 3. The Labute approximate surface area is 143 Å². The van der Waals surface area contributed by atoms with Crippen LogP contribution in [0.3, 0.4) is 0 Å². The van der Waals surface area contributed by atoms with Gasteiger partial charge in [-0.05, 0) is 23.8 Å². The highest BCUT2D eigenvalue weighted by Crippen LogP contribution is 2.26. The van der Waals surface area contributed by atoms with Crippen molar-refractivity contribution in [3.05, 3.63) is 76.5 Å². The first-order chi connectivity index (χ1) is 12.2. The molecule has 0 aliphatic heterocycles. The molecule has 126 valence electrons. The molecule has 2 heterocycles. The molecule has 6 heteroatoms. The minimum absolute atomic E-state index is 0.0939. The smallest absolute Gasteiger partial charge is 0.333 e. The average molecular weight is 335 g/mol. The van der Waals surface area contributed by atoms with Crippen LogP contribution in [0.15, 0.2) is 59.5 Å². The predicted molar refractivity (Wildman–Crippen MR) is 95.7 cm³/mol. The Morgan fingerprint density at radius 1 is 1.16 bits per heavy atom. The number of imidazole rings is 1. The topological polar surface area (TPSA) is 83.0 Å². The molecule has 0 saturated carbocycles. The quantitative estimate of drug-likeness (QED) is 0.536. The zero-order valence-electron chi connectivity index (χ0n) is 13.6. The second-order valence-corrected chi connectivity index (χ2v) is 5.81. The van der Waals surface area contributed by atoms with Crippen molar-refractivity contribution in [3.8, 4) is 17.3 Å². The molecular formula is C19H17N3O3. The molecule has 0 atom stereocenters. The number of para-hydroxylation sites is 1. The van der Waals surface area contributed by atoms with Crippen molar-refractivity contribution in [3.63, 3.8) is 0 Å². The number of hydrogen-bond donors (Lipinski definition) is 3. The summed E-state index contributed by atoms with van der Waals surface area (Å²) in [4.78, 5) is 18.3. The lowest BCUT2D eigenvalue weighted by atomic mass is 10.1. The fraction of sp³-hybridized carbons (Fsp3) is 0.105. The van der Waals surface area contributed by atoms with E-state index in [9.17, 15) is 9.90 Å². The van der Waals surface area contributed by atoms with Crippen LogP contribution in [-0.2, 0) is 6.42 Å². The molecule has 0 amide bonds. The van der Waals surface area contributed by atoms with E-state index in [1.165, 1.54) is 4.57 Å². The van der Waals surface area contributed by atoms with E-state index in [4.69, 9.17) is 4.74 Å². The number of methoxy groups -OCH3 is 1. The van der Waals surface area contributed by atoms with Crippen LogP contribution < -0.4 is 10.4 Å². The molecule has 0 unspecified atom stereocenters. The largest absolute Gasteiger partial charge is 0.497 e. The molecule has 0 aliphatic carbocycles. The number of H-pyrrole nitrogens is 2. The van der Waals surface area contributed by atoms with Crippen molar-refractivity contribution >= 4 is 10.9 Å². The third-order valence-corrected chi connectivity index (χ3v) is 4.30. The summed E-state index contributed by atoms with van der Waals surface area (Å²) >= 11 is 0. The third-order valence-electron chi connectivity index (χ3n) is 4.30. The van der Waals surface area contributed by atoms with Crippen LogP contribution in [0.1, 0.15) is 11.3 Å². The van der Waals surface area contributed by atoms with Crippen molar-refractivity contribution in [1.82, 2.24) is 14.5 Å². The second kappa shape index (κ2) is 5.90. The van der Waals surface area contributed by atoms with Crippen LogP contribution in [0.5, 0.6) is 11.6 Å². The SMILES string of the molecule is COc1cccc(-n2c(O)c(Cc3c[nH]c4ccccc34)[nH]c2=O)c1. The maximum atomic E-state index is 12.4. The summed E-state index contributed by atoms with van der Waals surface area (Å²) in [7, 11) is 1.56. The number of nitrogens with zero attached hydrogens (tertiary/aromatic N) is 1. The maximum Gasteiger partial charge on any atom is 0.333 e. The van der Waals surface area contributed by atoms with Gasteiger partial charge >= 0.3 is 5.69 Å². The van der Waals surface area contributed by atoms with Crippen molar-refractivity contribution in [1.29, 1.82) is 0 Å². The Balaban J connectivity index is 1.76. The molecule has 0 aliphatic rings. The highest BCUT2D eigenvalue weighted by molar-refractivity contribution is 5.83. The molecule has 0 radical (unpaired) electrons. The Morgan fingerprint density at radius 3 is 2.84 bits per heavy atom. The van der Waals surface area contributed by atoms with Gasteiger partial charge in [0.15, 0.2) is 0 Å². The van der Waals surface area contributed by atoms with Gasteiger partial charge in [-0.2, -0.15) is 0 Å². The first-order valence-corrected chi connectivity index (χ1v) is 7.89. The molecule has 0 spiro atoms. The molecule has 2 aromatic carbocycles. The van der Waals surface area contributed by atoms with Crippen LogP contribution in [0.25, 0.3) is 16.6 Å². The highest BCUT2D eigenvalue weighted by Gasteiger charge is 2.16. The number of aromatic hydroxyl groups is 1. The number of hydrogen-bond acceptors (Lipinski definition) is 3. The Morgan fingerprint density at radius 2 is 2.00 bits per heavy atom. The Bertz CT molecular complexity index is 1100. The van der Waals surface area contributed by atoms with Gasteiger partial charge in [-0.15, -0.1) is 0 Å². The normalized spacial score (nSPS) is 11.1. The zero-order chi connectivity index (χ0) is 17.4. The van der Waals surface area contributed by atoms with Crippen LogP contribution in [0, 0.1) is 0 Å². The molecule has 3 N–H and O–H groups in total. The molecule has 0 bridgehead atoms. The van der Waals surface area contributed by atoms with Gasteiger partial charge in [0.25, 0.3) is 0 Å². The lowest BCUT2D eigenvalue weighted by molar-refractivity contribution is 0.413. The number of benzene rings is 2. The summed E-state index contributed by atoms with van der Waals surface area (Å²) in [6.07, 6.45) is 2.31. The van der Waals surface area contributed by atoms with Gasteiger partial charge in [0.2, 0.25) is 5.88 Å². The van der Waals surface area contributed by atoms with Gasteiger partial charge in [0.1, 0.15) is 5.75 Å². The van der Waals surface area contributed by atoms with Crippen LogP contribution in [0.4, 0.5) is 0 Å². The summed E-state index contributed by atoms with van der Waals surface area (Å²) < 4.78 is 6.43.